The lowest BCUT2D eigenvalue weighted by Crippen LogP contribution is -2.62. The average molecular weight is 325 g/mol. The van der Waals surface area contributed by atoms with E-state index in [0.29, 0.717) is 13.1 Å². The van der Waals surface area contributed by atoms with Crippen LogP contribution in [0.1, 0.15) is 17.5 Å². The van der Waals surface area contributed by atoms with Crippen LogP contribution in [0, 0.1) is 0 Å². The lowest BCUT2D eigenvalue weighted by molar-refractivity contribution is -0.140. The van der Waals surface area contributed by atoms with E-state index in [1.807, 2.05) is 60.7 Å². The van der Waals surface area contributed by atoms with Gasteiger partial charge in [0.1, 0.15) is 6.61 Å². The minimum atomic E-state index is -0.865. The van der Waals surface area contributed by atoms with Crippen molar-refractivity contribution in [2.24, 2.45) is 0 Å². The third-order valence-corrected chi connectivity index (χ3v) is 4.33. The van der Waals surface area contributed by atoms with Gasteiger partial charge in [0.25, 0.3) is 0 Å². The molecule has 0 aliphatic carbocycles. The Kier molecular flexibility index (Phi) is 4.51. The molecule has 0 spiro atoms. The first kappa shape index (κ1) is 16.1. The number of carboxylic acid groups (broad SMARTS) is 1. The SMILES string of the molecule is O=C(O)CC1(c2ccccc2)CN(C(=O)OCc2ccccc2)C1. The van der Waals surface area contributed by atoms with Crippen molar-refractivity contribution in [3.05, 3.63) is 71.8 Å². The lowest BCUT2D eigenvalue weighted by atomic mass is 9.71. The molecule has 1 fully saturated rings. The predicted molar refractivity (Wildman–Crippen MR) is 88.6 cm³/mol. The second-order valence-corrected chi connectivity index (χ2v) is 6.11. The van der Waals surface area contributed by atoms with Crippen molar-refractivity contribution in [1.82, 2.24) is 4.90 Å². The third kappa shape index (κ3) is 3.40. The second-order valence-electron chi connectivity index (χ2n) is 6.11. The van der Waals surface area contributed by atoms with Gasteiger partial charge in [-0.15, -0.1) is 0 Å². The number of amides is 1. The van der Waals surface area contributed by atoms with E-state index in [-0.39, 0.29) is 13.0 Å². The fourth-order valence-corrected chi connectivity index (χ4v) is 3.10. The molecule has 2 aromatic rings. The Hall–Kier alpha value is -2.82. The molecule has 5 heteroatoms. The predicted octanol–water partition coefficient (Wildman–Crippen LogP) is 3.05. The van der Waals surface area contributed by atoms with Gasteiger partial charge >= 0.3 is 12.1 Å². The van der Waals surface area contributed by atoms with Crippen LogP contribution in [0.4, 0.5) is 4.79 Å². The molecule has 124 valence electrons. The van der Waals surface area contributed by atoms with Gasteiger partial charge in [-0.05, 0) is 11.1 Å². The molecule has 24 heavy (non-hydrogen) atoms. The Morgan fingerprint density at radius 2 is 1.58 bits per heavy atom. The van der Waals surface area contributed by atoms with Gasteiger partial charge in [0.05, 0.1) is 6.42 Å². The fourth-order valence-electron chi connectivity index (χ4n) is 3.10. The second kappa shape index (κ2) is 6.74. The number of hydrogen-bond donors (Lipinski definition) is 1. The molecule has 2 aromatic carbocycles. The quantitative estimate of drug-likeness (QED) is 0.917. The molecule has 1 amide bonds. The summed E-state index contributed by atoms with van der Waals surface area (Å²) in [6.45, 7) is 0.932. The smallest absolute Gasteiger partial charge is 0.410 e. The van der Waals surface area contributed by atoms with Crippen LogP contribution in [-0.4, -0.2) is 35.2 Å². The summed E-state index contributed by atoms with van der Waals surface area (Å²) in [6.07, 6.45) is -0.407. The number of benzene rings is 2. The van der Waals surface area contributed by atoms with E-state index in [9.17, 15) is 14.7 Å². The molecule has 1 aliphatic heterocycles. The van der Waals surface area contributed by atoms with E-state index < -0.39 is 17.5 Å². The Bertz CT molecular complexity index is 709. The lowest BCUT2D eigenvalue weighted by Gasteiger charge is -2.49. The molecular weight excluding hydrogens is 306 g/mol. The summed E-state index contributed by atoms with van der Waals surface area (Å²) in [5, 5.41) is 9.22. The molecule has 1 aliphatic rings. The van der Waals surface area contributed by atoms with Crippen molar-refractivity contribution in [3.8, 4) is 0 Å². The molecule has 0 saturated carbocycles. The number of aliphatic carboxylic acids is 1. The highest BCUT2D eigenvalue weighted by molar-refractivity contribution is 5.73. The summed E-state index contributed by atoms with van der Waals surface area (Å²) >= 11 is 0. The maximum Gasteiger partial charge on any atom is 0.410 e. The molecule has 1 N–H and O–H groups in total. The van der Waals surface area contributed by atoms with E-state index in [4.69, 9.17) is 4.74 Å². The molecule has 5 nitrogen and oxygen atoms in total. The van der Waals surface area contributed by atoms with E-state index in [2.05, 4.69) is 0 Å². The largest absolute Gasteiger partial charge is 0.481 e. The van der Waals surface area contributed by atoms with Gasteiger partial charge < -0.3 is 14.7 Å². The van der Waals surface area contributed by atoms with Crippen LogP contribution < -0.4 is 0 Å². The summed E-state index contributed by atoms with van der Waals surface area (Å²) < 4.78 is 5.31. The van der Waals surface area contributed by atoms with Gasteiger partial charge in [-0.3, -0.25) is 4.79 Å². The van der Waals surface area contributed by atoms with Crippen molar-refractivity contribution in [2.45, 2.75) is 18.4 Å². The zero-order valence-corrected chi connectivity index (χ0v) is 13.2. The molecule has 0 bridgehead atoms. The van der Waals surface area contributed by atoms with E-state index in [0.717, 1.165) is 11.1 Å². The molecular formula is C19H19NO4. The normalized spacial score (nSPS) is 15.4. The van der Waals surface area contributed by atoms with Crippen molar-refractivity contribution in [2.75, 3.05) is 13.1 Å². The Labute approximate surface area is 140 Å². The number of carboxylic acids is 1. The minimum Gasteiger partial charge on any atom is -0.481 e. The molecule has 1 saturated heterocycles. The molecule has 0 radical (unpaired) electrons. The van der Waals surface area contributed by atoms with Gasteiger partial charge in [-0.2, -0.15) is 0 Å². The van der Waals surface area contributed by atoms with Gasteiger partial charge in [0.15, 0.2) is 0 Å². The highest BCUT2D eigenvalue weighted by atomic mass is 16.6. The fraction of sp³-hybridized carbons (Fsp3) is 0.263. The zero-order valence-electron chi connectivity index (χ0n) is 13.2. The molecule has 0 unspecified atom stereocenters. The van der Waals surface area contributed by atoms with Crippen LogP contribution in [0.25, 0.3) is 0 Å². The Morgan fingerprint density at radius 3 is 2.17 bits per heavy atom. The van der Waals surface area contributed by atoms with Gasteiger partial charge in [-0.1, -0.05) is 60.7 Å². The molecule has 3 rings (SSSR count). The van der Waals surface area contributed by atoms with Crippen molar-refractivity contribution >= 4 is 12.1 Å². The van der Waals surface area contributed by atoms with Crippen molar-refractivity contribution < 1.29 is 19.4 Å². The van der Waals surface area contributed by atoms with Crippen molar-refractivity contribution in [1.29, 1.82) is 0 Å². The molecule has 1 heterocycles. The summed E-state index contributed by atoms with van der Waals surface area (Å²) in [7, 11) is 0. The summed E-state index contributed by atoms with van der Waals surface area (Å²) in [4.78, 5) is 24.9. The van der Waals surface area contributed by atoms with Crippen LogP contribution >= 0.6 is 0 Å². The summed E-state index contributed by atoms with van der Waals surface area (Å²) in [5.74, 6) is -0.865. The molecule has 0 atom stereocenters. The summed E-state index contributed by atoms with van der Waals surface area (Å²) in [6, 6.07) is 18.9. The number of ether oxygens (including phenoxy) is 1. The van der Waals surface area contributed by atoms with Crippen LogP contribution in [0.3, 0.4) is 0 Å². The standard InChI is InChI=1S/C19H19NO4/c21-17(22)11-19(16-9-5-2-6-10-16)13-20(14-19)18(23)24-12-15-7-3-1-4-8-15/h1-10H,11-14H2,(H,21,22). The Morgan fingerprint density at radius 1 is 1.00 bits per heavy atom. The van der Waals surface area contributed by atoms with E-state index in [1.54, 1.807) is 4.90 Å². The first-order valence-corrected chi connectivity index (χ1v) is 7.82. The van der Waals surface area contributed by atoms with Gasteiger partial charge in [0.2, 0.25) is 0 Å². The molecule has 0 aromatic heterocycles. The highest BCUT2D eigenvalue weighted by Gasteiger charge is 2.48. The van der Waals surface area contributed by atoms with Crippen LogP contribution in [0.15, 0.2) is 60.7 Å². The van der Waals surface area contributed by atoms with Gasteiger partial charge in [-0.25, -0.2) is 4.79 Å². The monoisotopic (exact) mass is 325 g/mol. The van der Waals surface area contributed by atoms with Crippen LogP contribution in [0.2, 0.25) is 0 Å². The maximum atomic E-state index is 12.2. The van der Waals surface area contributed by atoms with E-state index >= 15 is 0 Å². The average Bonchev–Trinajstić information content (AvgIpc) is 2.57. The minimum absolute atomic E-state index is 0.000517. The number of carbonyl (C=O) groups is 2. The maximum absolute atomic E-state index is 12.2. The summed E-state index contributed by atoms with van der Waals surface area (Å²) in [5.41, 5.74) is 1.34. The number of likely N-dealkylation sites (tertiary alicyclic amines) is 1. The van der Waals surface area contributed by atoms with Crippen LogP contribution in [0.5, 0.6) is 0 Å². The van der Waals surface area contributed by atoms with Crippen LogP contribution in [-0.2, 0) is 21.6 Å². The van der Waals surface area contributed by atoms with Crippen molar-refractivity contribution in [3.63, 3.8) is 0 Å². The first-order chi connectivity index (χ1) is 11.6. The van der Waals surface area contributed by atoms with E-state index in [1.165, 1.54) is 0 Å². The third-order valence-electron chi connectivity index (χ3n) is 4.33. The highest BCUT2D eigenvalue weighted by Crippen LogP contribution is 2.38. The zero-order chi connectivity index (χ0) is 17.0. The number of carbonyl (C=O) groups excluding carboxylic acids is 1. The topological polar surface area (TPSA) is 66.8 Å². The Balaban J connectivity index is 1.62. The number of hydrogen-bond acceptors (Lipinski definition) is 3. The van der Waals surface area contributed by atoms with Gasteiger partial charge in [0, 0.05) is 18.5 Å². The first-order valence-electron chi connectivity index (χ1n) is 7.82. The number of rotatable bonds is 5. The number of nitrogens with zero attached hydrogens (tertiary/aromatic N) is 1.